The van der Waals surface area contributed by atoms with Crippen LogP contribution in [0.25, 0.3) is 0 Å². The van der Waals surface area contributed by atoms with Crippen molar-refractivity contribution in [1.29, 1.82) is 0 Å². The van der Waals surface area contributed by atoms with Gasteiger partial charge in [-0.05, 0) is 17.7 Å². The van der Waals surface area contributed by atoms with Gasteiger partial charge in [-0.3, -0.25) is 4.79 Å². The summed E-state index contributed by atoms with van der Waals surface area (Å²) in [5, 5.41) is 2.74. The van der Waals surface area contributed by atoms with Gasteiger partial charge in [0, 0.05) is 37.2 Å². The third-order valence-corrected chi connectivity index (χ3v) is 4.62. The van der Waals surface area contributed by atoms with Crippen LogP contribution in [-0.2, 0) is 16.1 Å². The maximum Gasteiger partial charge on any atom is 0.407 e. The van der Waals surface area contributed by atoms with Gasteiger partial charge in [-0.1, -0.05) is 30.3 Å². The minimum atomic E-state index is -0.479. The number of nitrogens with one attached hydrogen (secondary N) is 1. The monoisotopic (exact) mass is 368 g/mol. The van der Waals surface area contributed by atoms with E-state index in [0.717, 1.165) is 11.3 Å². The first kappa shape index (κ1) is 17.2. The lowest BCUT2D eigenvalue weighted by Crippen LogP contribution is -2.31. The van der Waals surface area contributed by atoms with Gasteiger partial charge in [-0.15, -0.1) is 0 Å². The Morgan fingerprint density at radius 3 is 2.81 bits per heavy atom. The van der Waals surface area contributed by atoms with Crippen molar-refractivity contribution in [3.63, 3.8) is 0 Å². The van der Waals surface area contributed by atoms with Crippen LogP contribution in [0.15, 0.2) is 48.5 Å². The lowest BCUT2D eigenvalue weighted by atomic mass is 10.1. The first-order chi connectivity index (χ1) is 13.2. The van der Waals surface area contributed by atoms with Crippen LogP contribution in [0.1, 0.15) is 12.0 Å². The maximum absolute atomic E-state index is 12.4. The topological polar surface area (TPSA) is 77.1 Å². The first-order valence-electron chi connectivity index (χ1n) is 8.83. The van der Waals surface area contributed by atoms with Crippen molar-refractivity contribution < 1.29 is 23.8 Å². The molecule has 140 valence electrons. The molecule has 2 aliphatic heterocycles. The Balaban J connectivity index is 1.27. The highest BCUT2D eigenvalue weighted by Crippen LogP contribution is 2.37. The molecule has 2 aliphatic rings. The first-order valence-corrected chi connectivity index (χ1v) is 8.83. The summed E-state index contributed by atoms with van der Waals surface area (Å²) in [6.07, 6.45) is -0.0965. The molecule has 0 spiro atoms. The molecule has 0 aliphatic carbocycles. The normalized spacial score (nSPS) is 17.9. The van der Waals surface area contributed by atoms with Crippen LogP contribution in [0.4, 0.5) is 10.5 Å². The van der Waals surface area contributed by atoms with Crippen LogP contribution in [0.2, 0.25) is 0 Å². The lowest BCUT2D eigenvalue weighted by molar-refractivity contribution is -0.117. The Kier molecular flexibility index (Phi) is 4.82. The standard InChI is InChI=1S/C20H20N2O5/c23-19-8-15(10-21-20(24)25-12-14-4-2-1-3-5-14)11-22(19)16-6-7-17-18(9-16)27-13-26-17/h1-7,9,15H,8,10-13H2,(H,21,24). The summed E-state index contributed by atoms with van der Waals surface area (Å²) in [6, 6.07) is 14.9. The molecule has 2 heterocycles. The molecule has 0 radical (unpaired) electrons. The average molecular weight is 368 g/mol. The van der Waals surface area contributed by atoms with Crippen LogP contribution in [0.5, 0.6) is 11.5 Å². The van der Waals surface area contributed by atoms with Crippen LogP contribution >= 0.6 is 0 Å². The molecule has 1 atom stereocenters. The van der Waals surface area contributed by atoms with E-state index >= 15 is 0 Å². The number of hydrogen-bond donors (Lipinski definition) is 1. The number of amides is 2. The second-order valence-electron chi connectivity index (χ2n) is 6.55. The average Bonchev–Trinajstić information content (AvgIpc) is 3.31. The van der Waals surface area contributed by atoms with Crippen LogP contribution in [0.3, 0.4) is 0 Å². The van der Waals surface area contributed by atoms with Crippen LogP contribution < -0.4 is 19.7 Å². The number of carbonyl (C=O) groups is 2. The van der Waals surface area contributed by atoms with Gasteiger partial charge in [0.2, 0.25) is 12.7 Å². The molecular weight excluding hydrogens is 348 g/mol. The van der Waals surface area contributed by atoms with Crippen molar-refractivity contribution in [2.24, 2.45) is 5.92 Å². The lowest BCUT2D eigenvalue weighted by Gasteiger charge is -2.17. The van der Waals surface area contributed by atoms with Gasteiger partial charge in [0.1, 0.15) is 6.61 Å². The maximum atomic E-state index is 12.4. The second-order valence-corrected chi connectivity index (χ2v) is 6.55. The van der Waals surface area contributed by atoms with Crippen molar-refractivity contribution in [3.8, 4) is 11.5 Å². The molecule has 0 aromatic heterocycles. The predicted molar refractivity (Wildman–Crippen MR) is 97.7 cm³/mol. The van der Waals surface area contributed by atoms with E-state index in [-0.39, 0.29) is 25.2 Å². The molecule has 0 saturated carbocycles. The Morgan fingerprint density at radius 2 is 1.96 bits per heavy atom. The Labute approximate surface area is 156 Å². The second kappa shape index (κ2) is 7.57. The van der Waals surface area contributed by atoms with E-state index in [1.165, 1.54) is 0 Å². The molecule has 4 rings (SSSR count). The smallest absolute Gasteiger partial charge is 0.407 e. The largest absolute Gasteiger partial charge is 0.454 e. The van der Waals surface area contributed by atoms with Gasteiger partial charge in [0.25, 0.3) is 0 Å². The van der Waals surface area contributed by atoms with Crippen molar-refractivity contribution in [2.75, 3.05) is 24.8 Å². The van der Waals surface area contributed by atoms with Crippen LogP contribution in [0, 0.1) is 5.92 Å². The van der Waals surface area contributed by atoms with E-state index in [2.05, 4.69) is 5.32 Å². The molecule has 1 fully saturated rings. The molecule has 7 heteroatoms. The molecule has 27 heavy (non-hydrogen) atoms. The zero-order valence-electron chi connectivity index (χ0n) is 14.7. The van der Waals surface area contributed by atoms with E-state index in [0.29, 0.717) is 31.0 Å². The molecule has 1 unspecified atom stereocenters. The zero-order chi connectivity index (χ0) is 18.6. The van der Waals surface area contributed by atoms with Crippen molar-refractivity contribution in [1.82, 2.24) is 5.32 Å². The molecule has 2 aromatic carbocycles. The summed E-state index contributed by atoms with van der Waals surface area (Å²) in [6.45, 7) is 1.35. The highest BCUT2D eigenvalue weighted by atomic mass is 16.7. The number of fused-ring (bicyclic) bond motifs is 1. The summed E-state index contributed by atoms with van der Waals surface area (Å²) < 4.78 is 15.9. The fourth-order valence-electron chi connectivity index (χ4n) is 3.22. The molecule has 2 amide bonds. The molecule has 7 nitrogen and oxygen atoms in total. The summed E-state index contributed by atoms with van der Waals surface area (Å²) in [7, 11) is 0. The minimum absolute atomic E-state index is 0.0262. The highest BCUT2D eigenvalue weighted by Gasteiger charge is 2.31. The molecule has 1 N–H and O–H groups in total. The molecule has 1 saturated heterocycles. The minimum Gasteiger partial charge on any atom is -0.454 e. The van der Waals surface area contributed by atoms with E-state index in [4.69, 9.17) is 14.2 Å². The van der Waals surface area contributed by atoms with E-state index in [9.17, 15) is 9.59 Å². The Morgan fingerprint density at radius 1 is 1.15 bits per heavy atom. The predicted octanol–water partition coefficient (Wildman–Crippen LogP) is 2.69. The number of nitrogens with zero attached hydrogens (tertiary/aromatic N) is 1. The van der Waals surface area contributed by atoms with Gasteiger partial charge >= 0.3 is 6.09 Å². The SMILES string of the molecule is O=C(NCC1CC(=O)N(c2ccc3c(c2)OCO3)C1)OCc1ccccc1. The van der Waals surface area contributed by atoms with Crippen molar-refractivity contribution in [3.05, 3.63) is 54.1 Å². The zero-order valence-corrected chi connectivity index (χ0v) is 14.7. The summed E-state index contributed by atoms with van der Waals surface area (Å²) >= 11 is 0. The quantitative estimate of drug-likeness (QED) is 0.878. The fourth-order valence-corrected chi connectivity index (χ4v) is 3.22. The molecule has 2 aromatic rings. The van der Waals surface area contributed by atoms with Gasteiger partial charge in [0.15, 0.2) is 11.5 Å². The van der Waals surface area contributed by atoms with Crippen molar-refractivity contribution >= 4 is 17.7 Å². The van der Waals surface area contributed by atoms with Gasteiger partial charge in [0.05, 0.1) is 0 Å². The third kappa shape index (κ3) is 3.97. The molecular formula is C20H20N2O5. The third-order valence-electron chi connectivity index (χ3n) is 4.62. The van der Waals surface area contributed by atoms with E-state index in [1.54, 1.807) is 11.0 Å². The number of alkyl carbamates (subject to hydrolysis) is 1. The number of anilines is 1. The number of rotatable bonds is 5. The highest BCUT2D eigenvalue weighted by molar-refractivity contribution is 5.96. The summed E-state index contributed by atoms with van der Waals surface area (Å²) in [5.74, 6) is 1.39. The van der Waals surface area contributed by atoms with E-state index < -0.39 is 6.09 Å². The number of hydrogen-bond acceptors (Lipinski definition) is 5. The van der Waals surface area contributed by atoms with E-state index in [1.807, 2.05) is 42.5 Å². The van der Waals surface area contributed by atoms with Gasteiger partial charge in [-0.2, -0.15) is 0 Å². The fraction of sp³-hybridized carbons (Fsp3) is 0.300. The van der Waals surface area contributed by atoms with Crippen LogP contribution in [-0.4, -0.2) is 31.9 Å². The summed E-state index contributed by atoms with van der Waals surface area (Å²) in [4.78, 5) is 25.9. The number of ether oxygens (including phenoxy) is 3. The van der Waals surface area contributed by atoms with Crippen molar-refractivity contribution in [2.45, 2.75) is 13.0 Å². The Hall–Kier alpha value is -3.22. The number of carbonyl (C=O) groups excluding carboxylic acids is 2. The molecule has 0 bridgehead atoms. The van der Waals surface area contributed by atoms with Gasteiger partial charge < -0.3 is 24.4 Å². The number of benzene rings is 2. The van der Waals surface area contributed by atoms with Gasteiger partial charge in [-0.25, -0.2) is 4.79 Å². The Bertz CT molecular complexity index is 840. The summed E-state index contributed by atoms with van der Waals surface area (Å²) in [5.41, 5.74) is 1.70.